The Labute approximate surface area is 201 Å². The van der Waals surface area contributed by atoms with E-state index < -0.39 is 0 Å². The van der Waals surface area contributed by atoms with Crippen LogP contribution in [0.1, 0.15) is 105 Å². The highest BCUT2D eigenvalue weighted by molar-refractivity contribution is 7.84. The Hall–Kier alpha value is -1.47. The molecule has 176 valence electrons. The summed E-state index contributed by atoms with van der Waals surface area (Å²) in [5, 5.41) is 0. The van der Waals surface area contributed by atoms with Gasteiger partial charge in [0.1, 0.15) is 0 Å². The Bertz CT molecular complexity index is 605. The molecule has 0 saturated heterocycles. The van der Waals surface area contributed by atoms with Crippen LogP contribution in [0, 0.1) is 0 Å². The largest absolute Gasteiger partial charge is 0.148 e. The highest BCUT2D eigenvalue weighted by Gasteiger charge is 1.99. The quantitative estimate of drug-likeness (QED) is 0.165. The van der Waals surface area contributed by atoms with Gasteiger partial charge in [-0.1, -0.05) is 129 Å². The first-order valence-corrected chi connectivity index (χ1v) is 13.1. The lowest BCUT2D eigenvalue weighted by molar-refractivity contribution is 0.636. The van der Waals surface area contributed by atoms with Crippen molar-refractivity contribution in [3.8, 4) is 0 Å². The molecule has 0 aliphatic heterocycles. The smallest absolute Gasteiger partial charge is 0.00885 e. The molecule has 0 fully saturated rings. The molecule has 1 heteroatoms. The minimum Gasteiger partial charge on any atom is -0.148 e. The number of rotatable bonds is 14. The standard InChI is InChI=1S/C26H38S.2C2H6/c1-4-7-9-10-14-18-26(27)22-25(15-8-5-2)21-23(6-3)19-20-24-16-12-11-13-17-24;2*1-2/h6,11-13,16-17,19,21-22,27H,3-5,7-10,14-15,18,20H2,1-2H3;2*1-2H3/b23-19+,25-21+,26-22-;;. The van der Waals surface area contributed by atoms with Gasteiger partial charge >= 0.3 is 0 Å². The van der Waals surface area contributed by atoms with E-state index in [-0.39, 0.29) is 0 Å². The fraction of sp³-hybridized carbons (Fsp3) is 0.533. The Balaban J connectivity index is 0. The molecule has 0 aliphatic carbocycles. The first-order valence-electron chi connectivity index (χ1n) is 12.7. The van der Waals surface area contributed by atoms with Crippen molar-refractivity contribution in [2.45, 2.75) is 106 Å². The van der Waals surface area contributed by atoms with Crippen LogP contribution >= 0.6 is 12.6 Å². The van der Waals surface area contributed by atoms with Crippen LogP contribution in [0.15, 0.2) is 77.3 Å². The van der Waals surface area contributed by atoms with Crippen molar-refractivity contribution in [1.29, 1.82) is 0 Å². The Kier molecular flexibility index (Phi) is 25.4. The molecule has 0 atom stereocenters. The molecule has 0 heterocycles. The van der Waals surface area contributed by atoms with E-state index in [4.69, 9.17) is 12.6 Å². The van der Waals surface area contributed by atoms with Gasteiger partial charge in [0.2, 0.25) is 0 Å². The van der Waals surface area contributed by atoms with E-state index in [1.165, 1.54) is 66.6 Å². The van der Waals surface area contributed by atoms with Crippen LogP contribution in [-0.2, 0) is 6.42 Å². The number of thiol groups is 1. The molecule has 0 bridgehead atoms. The molecule has 1 aromatic carbocycles. The summed E-state index contributed by atoms with van der Waals surface area (Å²) in [4.78, 5) is 1.21. The molecule has 0 aromatic heterocycles. The molecule has 0 nitrogen and oxygen atoms in total. The first-order chi connectivity index (χ1) is 15.2. The van der Waals surface area contributed by atoms with Gasteiger partial charge in [-0.05, 0) is 59.8 Å². The maximum absolute atomic E-state index is 4.75. The molecule has 0 radical (unpaired) electrons. The minimum absolute atomic E-state index is 0.939. The van der Waals surface area contributed by atoms with Gasteiger partial charge in [0.05, 0.1) is 0 Å². The lowest BCUT2D eigenvalue weighted by Gasteiger charge is -2.06. The van der Waals surface area contributed by atoms with E-state index in [1.807, 2.05) is 33.8 Å². The minimum atomic E-state index is 0.939. The second-order valence-electron chi connectivity index (χ2n) is 7.22. The van der Waals surface area contributed by atoms with Crippen molar-refractivity contribution in [2.24, 2.45) is 0 Å². The third kappa shape index (κ3) is 19.0. The van der Waals surface area contributed by atoms with Crippen molar-refractivity contribution in [1.82, 2.24) is 0 Å². The van der Waals surface area contributed by atoms with Crippen LogP contribution in [0.2, 0.25) is 0 Å². The topological polar surface area (TPSA) is 0 Å². The summed E-state index contributed by atoms with van der Waals surface area (Å²) in [6.07, 6.45) is 20.9. The zero-order chi connectivity index (χ0) is 23.7. The van der Waals surface area contributed by atoms with Crippen LogP contribution in [0.4, 0.5) is 0 Å². The normalized spacial score (nSPS) is 11.8. The summed E-state index contributed by atoms with van der Waals surface area (Å²) in [6, 6.07) is 10.6. The molecule has 0 spiro atoms. The molecule has 0 aliphatic rings. The van der Waals surface area contributed by atoms with Gasteiger partial charge in [-0.3, -0.25) is 0 Å². The summed E-state index contributed by atoms with van der Waals surface area (Å²) in [7, 11) is 0. The van der Waals surface area contributed by atoms with Crippen LogP contribution < -0.4 is 0 Å². The highest BCUT2D eigenvalue weighted by Crippen LogP contribution is 2.20. The van der Waals surface area contributed by atoms with E-state index in [9.17, 15) is 0 Å². The number of unbranched alkanes of at least 4 members (excludes halogenated alkanes) is 5. The maximum atomic E-state index is 4.75. The SMILES string of the molecule is C=CC(=C\Cc1ccccc1)/C=C(/C=C(\S)CCCCCCC)CCCC.CC.CC. The van der Waals surface area contributed by atoms with Gasteiger partial charge in [0.25, 0.3) is 0 Å². The van der Waals surface area contributed by atoms with E-state index in [2.05, 4.69) is 69.0 Å². The Morgan fingerprint density at radius 3 is 2.00 bits per heavy atom. The zero-order valence-electron chi connectivity index (χ0n) is 21.4. The lowest BCUT2D eigenvalue weighted by Crippen LogP contribution is -1.87. The fourth-order valence-corrected chi connectivity index (χ4v) is 3.35. The van der Waals surface area contributed by atoms with Crippen LogP contribution in [0.25, 0.3) is 0 Å². The summed E-state index contributed by atoms with van der Waals surface area (Å²) >= 11 is 4.75. The molecule has 0 saturated carbocycles. The van der Waals surface area contributed by atoms with Crippen molar-refractivity contribution in [2.75, 3.05) is 0 Å². The lowest BCUT2D eigenvalue weighted by atomic mass is 10.0. The van der Waals surface area contributed by atoms with Gasteiger partial charge in [0, 0.05) is 0 Å². The van der Waals surface area contributed by atoms with E-state index in [1.54, 1.807) is 0 Å². The van der Waals surface area contributed by atoms with Crippen molar-refractivity contribution < 1.29 is 0 Å². The summed E-state index contributed by atoms with van der Waals surface area (Å²) in [5.74, 6) is 0. The highest BCUT2D eigenvalue weighted by atomic mass is 32.1. The van der Waals surface area contributed by atoms with E-state index in [0.29, 0.717) is 0 Å². The molecule has 0 unspecified atom stereocenters. The first kappa shape index (κ1) is 31.7. The van der Waals surface area contributed by atoms with Crippen LogP contribution in [0.3, 0.4) is 0 Å². The van der Waals surface area contributed by atoms with Crippen molar-refractivity contribution in [3.05, 3.63) is 82.8 Å². The number of benzene rings is 1. The third-order valence-corrected chi connectivity index (χ3v) is 5.06. The molecule has 0 amide bonds. The molecule has 0 N–H and O–H groups in total. The van der Waals surface area contributed by atoms with Gasteiger partial charge in [-0.2, -0.15) is 0 Å². The number of hydrogen-bond donors (Lipinski definition) is 1. The second-order valence-corrected chi connectivity index (χ2v) is 7.80. The van der Waals surface area contributed by atoms with E-state index in [0.717, 1.165) is 19.3 Å². The van der Waals surface area contributed by atoms with Crippen LogP contribution in [-0.4, -0.2) is 0 Å². The molecular weight excluding hydrogens is 392 g/mol. The third-order valence-electron chi connectivity index (χ3n) is 4.71. The average molecular weight is 443 g/mol. The molecular formula is C30H50S. The van der Waals surface area contributed by atoms with Crippen molar-refractivity contribution >= 4 is 12.6 Å². The van der Waals surface area contributed by atoms with Gasteiger partial charge in [-0.15, -0.1) is 12.6 Å². The maximum Gasteiger partial charge on any atom is -0.00885 e. The van der Waals surface area contributed by atoms with E-state index >= 15 is 0 Å². The summed E-state index contributed by atoms with van der Waals surface area (Å²) in [5.41, 5.74) is 3.90. The number of hydrogen-bond acceptors (Lipinski definition) is 1. The predicted molar refractivity (Wildman–Crippen MR) is 149 cm³/mol. The fourth-order valence-electron chi connectivity index (χ4n) is 3.03. The Morgan fingerprint density at radius 2 is 1.42 bits per heavy atom. The second kappa shape index (κ2) is 24.8. The average Bonchev–Trinajstić information content (AvgIpc) is 2.83. The zero-order valence-corrected chi connectivity index (χ0v) is 22.3. The molecule has 1 aromatic rings. The Morgan fingerprint density at radius 1 is 0.806 bits per heavy atom. The number of allylic oxidation sites excluding steroid dienone is 7. The van der Waals surface area contributed by atoms with Gasteiger partial charge < -0.3 is 0 Å². The molecule has 31 heavy (non-hydrogen) atoms. The summed E-state index contributed by atoms with van der Waals surface area (Å²) < 4.78 is 0. The van der Waals surface area contributed by atoms with Crippen molar-refractivity contribution in [3.63, 3.8) is 0 Å². The monoisotopic (exact) mass is 442 g/mol. The van der Waals surface area contributed by atoms with Gasteiger partial charge in [0.15, 0.2) is 0 Å². The molecule has 1 rings (SSSR count). The predicted octanol–water partition coefficient (Wildman–Crippen LogP) is 10.7. The summed E-state index contributed by atoms with van der Waals surface area (Å²) in [6.45, 7) is 16.5. The van der Waals surface area contributed by atoms with Gasteiger partial charge in [-0.25, -0.2) is 0 Å². The van der Waals surface area contributed by atoms with Crippen LogP contribution in [0.5, 0.6) is 0 Å².